The second kappa shape index (κ2) is 6.22. The van der Waals surface area contributed by atoms with Crippen LogP contribution in [0.3, 0.4) is 0 Å². The number of hydrogen-bond donors (Lipinski definition) is 1. The van der Waals surface area contributed by atoms with Gasteiger partial charge in [0.2, 0.25) is 5.91 Å². The number of carbonyl (C=O) groups is 1. The molecule has 0 saturated carbocycles. The summed E-state index contributed by atoms with van der Waals surface area (Å²) in [5.41, 5.74) is 3.17. The second-order valence-corrected chi connectivity index (χ2v) is 6.53. The molecule has 1 amide bonds. The van der Waals surface area contributed by atoms with E-state index in [0.29, 0.717) is 0 Å². The summed E-state index contributed by atoms with van der Waals surface area (Å²) in [5, 5.41) is 7.16. The Morgan fingerprint density at radius 2 is 2.00 bits per heavy atom. The molecule has 2 aliphatic rings. The van der Waals surface area contributed by atoms with Crippen LogP contribution >= 0.6 is 0 Å². The Kier molecular flexibility index (Phi) is 3.92. The minimum atomic E-state index is -0.0303. The third-order valence-corrected chi connectivity index (χ3v) is 5.09. The van der Waals surface area contributed by atoms with Crippen molar-refractivity contribution in [2.24, 2.45) is 0 Å². The number of aromatic amines is 1. The molecule has 2 aromatic rings. The maximum Gasteiger partial charge on any atom is 0.230 e. The Morgan fingerprint density at radius 3 is 2.79 bits per heavy atom. The first-order chi connectivity index (χ1) is 11.7. The van der Waals surface area contributed by atoms with Gasteiger partial charge in [0.1, 0.15) is 5.82 Å². The van der Waals surface area contributed by atoms with Crippen LogP contribution in [0.25, 0.3) is 0 Å². The lowest BCUT2D eigenvalue weighted by Crippen LogP contribution is -2.50. The molecule has 7 heteroatoms. The highest BCUT2D eigenvalue weighted by Gasteiger charge is 2.33. The van der Waals surface area contributed by atoms with Crippen LogP contribution in [0.4, 0.5) is 5.82 Å². The number of fused-ring (bicyclic) bond motifs is 1. The van der Waals surface area contributed by atoms with E-state index in [2.05, 4.69) is 25.1 Å². The van der Waals surface area contributed by atoms with Gasteiger partial charge in [-0.15, -0.1) is 0 Å². The molecule has 1 atom stereocenters. The molecular formula is C17H22N6O. The van der Waals surface area contributed by atoms with Gasteiger partial charge in [0.15, 0.2) is 0 Å². The molecule has 1 aliphatic carbocycles. The third kappa shape index (κ3) is 2.64. The Labute approximate surface area is 141 Å². The third-order valence-electron chi connectivity index (χ3n) is 5.09. The number of nitrogens with zero attached hydrogens (tertiary/aromatic N) is 5. The SMILES string of the molecule is Cc1nccnc1N1CCN(C(=O)C2CCCc3[nH]ncc32)CC1. The van der Waals surface area contributed by atoms with Crippen molar-refractivity contribution in [1.29, 1.82) is 0 Å². The lowest BCUT2D eigenvalue weighted by atomic mass is 9.86. The van der Waals surface area contributed by atoms with Gasteiger partial charge in [-0.1, -0.05) is 0 Å². The number of hydrogen-bond acceptors (Lipinski definition) is 5. The van der Waals surface area contributed by atoms with Crippen molar-refractivity contribution in [3.63, 3.8) is 0 Å². The van der Waals surface area contributed by atoms with Gasteiger partial charge in [0, 0.05) is 49.8 Å². The number of anilines is 1. The Hall–Kier alpha value is -2.44. The topological polar surface area (TPSA) is 78.0 Å². The van der Waals surface area contributed by atoms with Crippen molar-refractivity contribution in [2.75, 3.05) is 31.1 Å². The molecule has 2 aromatic heterocycles. The van der Waals surface area contributed by atoms with Crippen LogP contribution in [0.2, 0.25) is 0 Å². The van der Waals surface area contributed by atoms with Crippen molar-refractivity contribution in [1.82, 2.24) is 25.1 Å². The number of H-pyrrole nitrogens is 1. The van der Waals surface area contributed by atoms with E-state index in [9.17, 15) is 4.79 Å². The largest absolute Gasteiger partial charge is 0.352 e. The molecule has 3 heterocycles. The van der Waals surface area contributed by atoms with E-state index in [0.717, 1.165) is 68.2 Å². The van der Waals surface area contributed by atoms with Crippen molar-refractivity contribution >= 4 is 11.7 Å². The number of amides is 1. The summed E-state index contributed by atoms with van der Waals surface area (Å²) in [6.45, 7) is 5.05. The molecular weight excluding hydrogens is 304 g/mol. The average Bonchev–Trinajstić information content (AvgIpc) is 3.10. The molecule has 0 bridgehead atoms. The predicted octanol–water partition coefficient (Wildman–Crippen LogP) is 1.28. The molecule has 1 aliphatic heterocycles. The zero-order chi connectivity index (χ0) is 16.5. The van der Waals surface area contributed by atoms with Gasteiger partial charge in [-0.3, -0.25) is 14.9 Å². The molecule has 1 unspecified atom stereocenters. The first kappa shape index (κ1) is 15.1. The van der Waals surface area contributed by atoms with Crippen molar-refractivity contribution < 1.29 is 4.79 Å². The Morgan fingerprint density at radius 1 is 1.21 bits per heavy atom. The zero-order valence-corrected chi connectivity index (χ0v) is 13.9. The standard InChI is InChI=1S/C17H22N6O/c1-12-16(19-6-5-18-12)22-7-9-23(10-8-22)17(24)13-3-2-4-15-14(13)11-20-21-15/h5-6,11,13H,2-4,7-10H2,1H3,(H,20,21). The molecule has 7 nitrogen and oxygen atoms in total. The van der Waals surface area contributed by atoms with E-state index >= 15 is 0 Å². The van der Waals surface area contributed by atoms with Crippen LogP contribution in [-0.4, -0.2) is 57.2 Å². The smallest absolute Gasteiger partial charge is 0.230 e. The highest BCUT2D eigenvalue weighted by Crippen LogP contribution is 2.32. The van der Waals surface area contributed by atoms with Gasteiger partial charge in [0.05, 0.1) is 17.8 Å². The van der Waals surface area contributed by atoms with Gasteiger partial charge in [0.25, 0.3) is 0 Å². The highest BCUT2D eigenvalue weighted by molar-refractivity contribution is 5.84. The quantitative estimate of drug-likeness (QED) is 0.899. The van der Waals surface area contributed by atoms with Crippen LogP contribution in [0.5, 0.6) is 0 Å². The lowest BCUT2D eigenvalue weighted by Gasteiger charge is -2.37. The molecule has 126 valence electrons. The number of piperazine rings is 1. The zero-order valence-electron chi connectivity index (χ0n) is 13.9. The summed E-state index contributed by atoms with van der Waals surface area (Å²) >= 11 is 0. The van der Waals surface area contributed by atoms with Crippen molar-refractivity contribution in [3.05, 3.63) is 35.5 Å². The van der Waals surface area contributed by atoms with Crippen LogP contribution in [0.1, 0.15) is 35.7 Å². The summed E-state index contributed by atoms with van der Waals surface area (Å²) in [6.07, 6.45) is 8.24. The van der Waals surface area contributed by atoms with Gasteiger partial charge in [-0.25, -0.2) is 4.98 Å². The first-order valence-corrected chi connectivity index (χ1v) is 8.57. The number of carbonyl (C=O) groups excluding carboxylic acids is 1. The predicted molar refractivity (Wildman–Crippen MR) is 89.8 cm³/mol. The van der Waals surface area contributed by atoms with E-state index < -0.39 is 0 Å². The molecule has 1 saturated heterocycles. The van der Waals surface area contributed by atoms with E-state index in [-0.39, 0.29) is 11.8 Å². The fourth-order valence-corrected chi connectivity index (χ4v) is 3.79. The van der Waals surface area contributed by atoms with E-state index in [4.69, 9.17) is 0 Å². The van der Waals surface area contributed by atoms with E-state index in [1.807, 2.05) is 18.0 Å². The minimum Gasteiger partial charge on any atom is -0.352 e. The van der Waals surface area contributed by atoms with Crippen LogP contribution < -0.4 is 4.90 Å². The van der Waals surface area contributed by atoms with Crippen LogP contribution in [0, 0.1) is 6.92 Å². The monoisotopic (exact) mass is 326 g/mol. The van der Waals surface area contributed by atoms with Gasteiger partial charge >= 0.3 is 0 Å². The van der Waals surface area contributed by atoms with Crippen LogP contribution in [0.15, 0.2) is 18.6 Å². The fraction of sp³-hybridized carbons (Fsp3) is 0.529. The molecule has 0 spiro atoms. The lowest BCUT2D eigenvalue weighted by molar-refractivity contribution is -0.133. The van der Waals surface area contributed by atoms with Gasteiger partial charge in [-0.05, 0) is 26.2 Å². The maximum atomic E-state index is 13.0. The number of rotatable bonds is 2. The number of aromatic nitrogens is 4. The van der Waals surface area contributed by atoms with Crippen LogP contribution in [-0.2, 0) is 11.2 Å². The molecule has 1 N–H and O–H groups in total. The first-order valence-electron chi connectivity index (χ1n) is 8.57. The average molecular weight is 326 g/mol. The molecule has 24 heavy (non-hydrogen) atoms. The van der Waals surface area contributed by atoms with Crippen molar-refractivity contribution in [3.8, 4) is 0 Å². The summed E-state index contributed by atoms with van der Waals surface area (Å²) in [4.78, 5) is 25.9. The number of nitrogens with one attached hydrogen (secondary N) is 1. The summed E-state index contributed by atoms with van der Waals surface area (Å²) < 4.78 is 0. The number of aryl methyl sites for hydroxylation is 2. The summed E-state index contributed by atoms with van der Waals surface area (Å²) in [5.74, 6) is 1.14. The molecule has 0 aromatic carbocycles. The maximum absolute atomic E-state index is 13.0. The fourth-order valence-electron chi connectivity index (χ4n) is 3.79. The molecule has 1 fully saturated rings. The van der Waals surface area contributed by atoms with Gasteiger partial charge in [-0.2, -0.15) is 5.10 Å². The Balaban J connectivity index is 1.43. The molecule has 4 rings (SSSR count). The van der Waals surface area contributed by atoms with Gasteiger partial charge < -0.3 is 9.80 Å². The molecule has 0 radical (unpaired) electrons. The highest BCUT2D eigenvalue weighted by atomic mass is 16.2. The van der Waals surface area contributed by atoms with E-state index in [1.54, 1.807) is 12.4 Å². The normalized spacial score (nSPS) is 20.8. The second-order valence-electron chi connectivity index (χ2n) is 6.53. The summed E-state index contributed by atoms with van der Waals surface area (Å²) in [6, 6.07) is 0. The minimum absolute atomic E-state index is 0.0303. The summed E-state index contributed by atoms with van der Waals surface area (Å²) in [7, 11) is 0. The Bertz CT molecular complexity index is 734. The van der Waals surface area contributed by atoms with E-state index in [1.165, 1.54) is 0 Å². The van der Waals surface area contributed by atoms with Crippen molar-refractivity contribution in [2.45, 2.75) is 32.1 Å².